The number of alkyl halides is 2. The molecule has 0 fully saturated rings. The molecule has 19 heavy (non-hydrogen) atoms. The molecule has 0 saturated carbocycles. The Morgan fingerprint density at radius 2 is 1.58 bits per heavy atom. The maximum atomic E-state index is 9.93. The van der Waals surface area contributed by atoms with Gasteiger partial charge in [0.05, 0.1) is 0 Å². The molecule has 0 amide bonds. The molecule has 0 aromatic heterocycles. The van der Waals surface area contributed by atoms with Gasteiger partial charge in [-0.15, -0.1) is 23.2 Å². The van der Waals surface area contributed by atoms with Crippen LogP contribution >= 0.6 is 23.2 Å². The lowest BCUT2D eigenvalue weighted by Crippen LogP contribution is -2.08. The van der Waals surface area contributed by atoms with Crippen molar-refractivity contribution in [1.82, 2.24) is 0 Å². The van der Waals surface area contributed by atoms with E-state index in [0.29, 0.717) is 17.9 Å². The lowest BCUT2D eigenvalue weighted by atomic mass is 10.1. The molecular formula is C15H14Cl2O2. The normalized spacial score (nSPS) is 12.4. The molecule has 2 rings (SSSR count). The number of para-hydroxylation sites is 1. The zero-order chi connectivity index (χ0) is 13.7. The summed E-state index contributed by atoms with van der Waals surface area (Å²) in [6.07, 6.45) is -0.963. The SMILES string of the molecule is OC(c1ccccc1OCc1ccccc1)C(Cl)Cl. The minimum atomic E-state index is -0.963. The molecule has 0 saturated heterocycles. The van der Waals surface area contributed by atoms with Gasteiger partial charge in [-0.25, -0.2) is 0 Å². The van der Waals surface area contributed by atoms with Crippen molar-refractivity contribution >= 4 is 23.2 Å². The first-order valence-electron chi connectivity index (χ1n) is 5.90. The maximum absolute atomic E-state index is 9.93. The molecule has 1 N–H and O–H groups in total. The van der Waals surface area contributed by atoms with E-state index in [1.165, 1.54) is 0 Å². The van der Waals surface area contributed by atoms with Gasteiger partial charge in [-0.2, -0.15) is 0 Å². The van der Waals surface area contributed by atoms with E-state index < -0.39 is 10.9 Å². The molecule has 0 aliphatic heterocycles. The third-order valence-electron chi connectivity index (χ3n) is 2.71. The van der Waals surface area contributed by atoms with Gasteiger partial charge in [-0.3, -0.25) is 0 Å². The highest BCUT2D eigenvalue weighted by atomic mass is 35.5. The summed E-state index contributed by atoms with van der Waals surface area (Å²) in [7, 11) is 0. The van der Waals surface area contributed by atoms with Crippen LogP contribution in [-0.4, -0.2) is 9.94 Å². The lowest BCUT2D eigenvalue weighted by molar-refractivity contribution is 0.184. The van der Waals surface area contributed by atoms with Crippen LogP contribution in [0.25, 0.3) is 0 Å². The predicted octanol–water partition coefficient (Wildman–Crippen LogP) is 4.10. The van der Waals surface area contributed by atoms with Crippen LogP contribution in [0.1, 0.15) is 17.2 Å². The fraction of sp³-hybridized carbons (Fsp3) is 0.200. The van der Waals surface area contributed by atoms with Gasteiger partial charge < -0.3 is 9.84 Å². The van der Waals surface area contributed by atoms with Gasteiger partial charge in [0.15, 0.2) is 0 Å². The molecular weight excluding hydrogens is 283 g/mol. The summed E-state index contributed by atoms with van der Waals surface area (Å²) in [5, 5.41) is 9.93. The number of aliphatic hydroxyl groups is 1. The molecule has 100 valence electrons. The molecule has 0 radical (unpaired) electrons. The van der Waals surface area contributed by atoms with Crippen LogP contribution in [0, 0.1) is 0 Å². The van der Waals surface area contributed by atoms with E-state index in [9.17, 15) is 5.11 Å². The summed E-state index contributed by atoms with van der Waals surface area (Å²) < 4.78 is 5.72. The first kappa shape index (κ1) is 14.2. The fourth-order valence-corrected chi connectivity index (χ4v) is 2.00. The zero-order valence-electron chi connectivity index (χ0n) is 10.2. The van der Waals surface area contributed by atoms with Crippen molar-refractivity contribution in [1.29, 1.82) is 0 Å². The average Bonchev–Trinajstić information content (AvgIpc) is 2.45. The molecule has 0 heterocycles. The van der Waals surface area contributed by atoms with Crippen molar-refractivity contribution in [2.75, 3.05) is 0 Å². The van der Waals surface area contributed by atoms with Crippen molar-refractivity contribution < 1.29 is 9.84 Å². The van der Waals surface area contributed by atoms with Crippen molar-refractivity contribution in [3.63, 3.8) is 0 Å². The van der Waals surface area contributed by atoms with Crippen molar-refractivity contribution in [2.45, 2.75) is 17.5 Å². The van der Waals surface area contributed by atoms with Gasteiger partial charge in [-0.05, 0) is 11.6 Å². The van der Waals surface area contributed by atoms with Crippen molar-refractivity contribution in [3.05, 3.63) is 65.7 Å². The van der Waals surface area contributed by atoms with E-state index >= 15 is 0 Å². The molecule has 2 aromatic carbocycles. The molecule has 0 spiro atoms. The number of hydrogen-bond donors (Lipinski definition) is 1. The second-order valence-corrected chi connectivity index (χ2v) is 5.26. The summed E-state index contributed by atoms with van der Waals surface area (Å²) in [6.45, 7) is 0.430. The number of benzene rings is 2. The van der Waals surface area contributed by atoms with Crippen LogP contribution in [-0.2, 0) is 6.61 Å². The standard InChI is InChI=1S/C15H14Cl2O2/c16-15(17)14(18)12-8-4-5-9-13(12)19-10-11-6-2-1-3-7-11/h1-9,14-15,18H,10H2. The molecule has 1 unspecified atom stereocenters. The Bertz CT molecular complexity index is 515. The van der Waals surface area contributed by atoms with E-state index in [2.05, 4.69) is 0 Å². The summed E-state index contributed by atoms with van der Waals surface area (Å²) in [5.74, 6) is 0.588. The zero-order valence-corrected chi connectivity index (χ0v) is 11.7. The lowest BCUT2D eigenvalue weighted by Gasteiger charge is -2.16. The topological polar surface area (TPSA) is 29.5 Å². The van der Waals surface area contributed by atoms with E-state index in [-0.39, 0.29) is 0 Å². The van der Waals surface area contributed by atoms with Crippen molar-refractivity contribution in [2.24, 2.45) is 0 Å². The summed E-state index contributed by atoms with van der Waals surface area (Å²) in [6, 6.07) is 17.0. The van der Waals surface area contributed by atoms with Gasteiger partial charge in [-0.1, -0.05) is 48.5 Å². The van der Waals surface area contributed by atoms with Gasteiger partial charge >= 0.3 is 0 Å². The van der Waals surface area contributed by atoms with Crippen LogP contribution in [0.15, 0.2) is 54.6 Å². The fourth-order valence-electron chi connectivity index (χ4n) is 1.73. The summed E-state index contributed by atoms with van der Waals surface area (Å²) in [5.41, 5.74) is 1.65. The highest BCUT2D eigenvalue weighted by Crippen LogP contribution is 2.31. The molecule has 2 aromatic rings. The Hall–Kier alpha value is -1.22. The largest absolute Gasteiger partial charge is 0.489 e. The van der Waals surface area contributed by atoms with Crippen LogP contribution in [0.3, 0.4) is 0 Å². The molecule has 0 aliphatic rings. The third-order valence-corrected chi connectivity index (χ3v) is 3.19. The van der Waals surface area contributed by atoms with Gasteiger partial charge in [0.2, 0.25) is 0 Å². The Balaban J connectivity index is 2.12. The van der Waals surface area contributed by atoms with Crippen LogP contribution in [0.4, 0.5) is 0 Å². The van der Waals surface area contributed by atoms with Crippen molar-refractivity contribution in [3.8, 4) is 5.75 Å². The van der Waals surface area contributed by atoms with E-state index in [4.69, 9.17) is 27.9 Å². The highest BCUT2D eigenvalue weighted by molar-refractivity contribution is 6.44. The number of ether oxygens (including phenoxy) is 1. The second-order valence-electron chi connectivity index (χ2n) is 4.09. The van der Waals surface area contributed by atoms with Crippen LogP contribution < -0.4 is 4.74 Å². The highest BCUT2D eigenvalue weighted by Gasteiger charge is 2.19. The van der Waals surface area contributed by atoms with Crippen LogP contribution in [0.2, 0.25) is 0 Å². The van der Waals surface area contributed by atoms with Crippen LogP contribution in [0.5, 0.6) is 5.75 Å². The number of hydrogen-bond acceptors (Lipinski definition) is 2. The molecule has 0 bridgehead atoms. The van der Waals surface area contributed by atoms with E-state index in [0.717, 1.165) is 5.56 Å². The first-order chi connectivity index (χ1) is 9.18. The molecule has 4 heteroatoms. The third kappa shape index (κ3) is 3.87. The second kappa shape index (κ2) is 6.80. The number of aliphatic hydroxyl groups excluding tert-OH is 1. The van der Waals surface area contributed by atoms with Gasteiger partial charge in [0.25, 0.3) is 0 Å². The molecule has 0 aliphatic carbocycles. The Labute approximate surface area is 122 Å². The Morgan fingerprint density at radius 1 is 0.947 bits per heavy atom. The average molecular weight is 297 g/mol. The summed E-state index contributed by atoms with van der Waals surface area (Å²) >= 11 is 11.4. The number of rotatable bonds is 5. The maximum Gasteiger partial charge on any atom is 0.137 e. The Kier molecular flexibility index (Phi) is 5.08. The van der Waals surface area contributed by atoms with Gasteiger partial charge in [0.1, 0.15) is 23.3 Å². The smallest absolute Gasteiger partial charge is 0.137 e. The molecule has 2 nitrogen and oxygen atoms in total. The summed E-state index contributed by atoms with van der Waals surface area (Å²) in [4.78, 5) is -0.888. The monoisotopic (exact) mass is 296 g/mol. The molecule has 1 atom stereocenters. The minimum Gasteiger partial charge on any atom is -0.489 e. The van der Waals surface area contributed by atoms with E-state index in [1.54, 1.807) is 12.1 Å². The van der Waals surface area contributed by atoms with Gasteiger partial charge in [0, 0.05) is 5.56 Å². The Morgan fingerprint density at radius 3 is 2.26 bits per heavy atom. The quantitative estimate of drug-likeness (QED) is 0.842. The van der Waals surface area contributed by atoms with E-state index in [1.807, 2.05) is 42.5 Å². The predicted molar refractivity (Wildman–Crippen MR) is 77.7 cm³/mol. The first-order valence-corrected chi connectivity index (χ1v) is 6.77. The minimum absolute atomic E-state index is 0.430. The number of halogens is 2.